The van der Waals surface area contributed by atoms with Crippen molar-refractivity contribution >= 4 is 23.7 Å². The summed E-state index contributed by atoms with van der Waals surface area (Å²) in [6, 6.07) is 9.39. The number of carboxylic acids is 1. The molecule has 1 aromatic rings. The number of benzene rings is 1. The number of ether oxygens (including phenoxy) is 1. The lowest BCUT2D eigenvalue weighted by Crippen LogP contribution is -2.42. The van der Waals surface area contributed by atoms with Gasteiger partial charge < -0.3 is 31.5 Å². The van der Waals surface area contributed by atoms with Crippen LogP contribution in [0.4, 0.5) is 0 Å². The quantitative estimate of drug-likeness (QED) is 0.203. The third-order valence-corrected chi connectivity index (χ3v) is 3.72. The molecule has 6 N–H and O–H groups in total. The molecule has 0 saturated carbocycles. The molecule has 1 unspecified atom stereocenters. The van der Waals surface area contributed by atoms with Crippen LogP contribution in [0.3, 0.4) is 0 Å². The van der Waals surface area contributed by atoms with E-state index in [0.29, 0.717) is 12.8 Å². The first-order valence-electron chi connectivity index (χ1n) is 8.77. The Bertz CT molecular complexity index is 653. The maximum atomic E-state index is 12.5. The summed E-state index contributed by atoms with van der Waals surface area (Å²) in [4.78, 5) is 45.7. The van der Waals surface area contributed by atoms with E-state index >= 15 is 0 Å². The second kappa shape index (κ2) is 13.2. The van der Waals surface area contributed by atoms with Crippen LogP contribution in [-0.2, 0) is 30.3 Å². The maximum absolute atomic E-state index is 12.5. The van der Waals surface area contributed by atoms with Crippen LogP contribution in [-0.4, -0.2) is 61.8 Å². The van der Waals surface area contributed by atoms with Gasteiger partial charge in [-0.2, -0.15) is 0 Å². The van der Waals surface area contributed by atoms with E-state index < -0.39 is 24.4 Å². The zero-order valence-electron chi connectivity index (χ0n) is 15.5. The van der Waals surface area contributed by atoms with Crippen molar-refractivity contribution in [2.24, 2.45) is 11.7 Å². The molecule has 0 spiro atoms. The van der Waals surface area contributed by atoms with Crippen molar-refractivity contribution in [3.63, 3.8) is 0 Å². The number of carboxylic acid groups (broad SMARTS) is 1. The highest BCUT2D eigenvalue weighted by Gasteiger charge is 2.19. The van der Waals surface area contributed by atoms with Crippen molar-refractivity contribution in [3.8, 4) is 0 Å². The molecule has 1 aromatic carbocycles. The molecule has 10 heteroatoms. The van der Waals surface area contributed by atoms with Gasteiger partial charge in [-0.1, -0.05) is 30.3 Å². The van der Waals surface area contributed by atoms with Crippen molar-refractivity contribution in [3.05, 3.63) is 35.9 Å². The van der Waals surface area contributed by atoms with Crippen LogP contribution in [0.25, 0.3) is 0 Å². The minimum atomic E-state index is -1.15. The molecular weight excluding hydrogens is 368 g/mol. The summed E-state index contributed by atoms with van der Waals surface area (Å²) in [5, 5.41) is 15.9. The molecule has 0 radical (unpaired) electrons. The number of hydrogen-bond acceptors (Lipinski definition) is 6. The Morgan fingerprint density at radius 3 is 2.39 bits per heavy atom. The minimum Gasteiger partial charge on any atom is -0.480 e. The molecule has 0 fully saturated rings. The molecule has 1 atom stereocenters. The number of amides is 3. The number of rotatable bonds is 13. The normalized spacial score (nSPS) is 11.3. The first-order chi connectivity index (χ1) is 13.4. The maximum Gasteiger partial charge on any atom is 0.329 e. The number of hydrogen-bond donors (Lipinski definition) is 5. The van der Waals surface area contributed by atoms with Crippen LogP contribution in [0.15, 0.2) is 30.3 Å². The van der Waals surface area contributed by atoms with E-state index in [1.54, 1.807) is 0 Å². The summed E-state index contributed by atoms with van der Waals surface area (Å²) < 4.78 is 4.69. The molecule has 10 nitrogen and oxygen atoms in total. The fourth-order valence-corrected chi connectivity index (χ4v) is 2.33. The first-order valence-corrected chi connectivity index (χ1v) is 8.77. The molecule has 0 aliphatic rings. The number of aliphatic carboxylic acids is 1. The summed E-state index contributed by atoms with van der Waals surface area (Å²) in [5.41, 5.74) is 6.20. The Labute approximate surface area is 162 Å². The smallest absolute Gasteiger partial charge is 0.329 e. The van der Waals surface area contributed by atoms with Gasteiger partial charge in [-0.25, -0.2) is 4.79 Å². The van der Waals surface area contributed by atoms with Crippen molar-refractivity contribution in [1.82, 2.24) is 16.0 Å². The highest BCUT2D eigenvalue weighted by molar-refractivity contribution is 5.86. The number of carbonyl (C=O) groups is 4. The van der Waals surface area contributed by atoms with E-state index in [-0.39, 0.29) is 38.2 Å². The fraction of sp³-hybridized carbons (Fsp3) is 0.444. The second-order valence-corrected chi connectivity index (χ2v) is 5.93. The van der Waals surface area contributed by atoms with Gasteiger partial charge in [0.05, 0.1) is 13.1 Å². The van der Waals surface area contributed by atoms with Gasteiger partial charge in [0.1, 0.15) is 13.3 Å². The van der Waals surface area contributed by atoms with Crippen LogP contribution in [0.5, 0.6) is 0 Å². The van der Waals surface area contributed by atoms with E-state index in [4.69, 9.17) is 15.6 Å². The van der Waals surface area contributed by atoms with Crippen LogP contribution in [0.2, 0.25) is 0 Å². The summed E-state index contributed by atoms with van der Waals surface area (Å²) in [6.45, 7) is -0.897. The summed E-state index contributed by atoms with van der Waals surface area (Å²) in [6.07, 6.45) is 0.838. The van der Waals surface area contributed by atoms with Gasteiger partial charge in [-0.15, -0.1) is 0 Å². The molecule has 28 heavy (non-hydrogen) atoms. The van der Waals surface area contributed by atoms with Crippen molar-refractivity contribution in [1.29, 1.82) is 0 Å². The van der Waals surface area contributed by atoms with Gasteiger partial charge in [-0.05, 0) is 18.4 Å². The Kier molecular flexibility index (Phi) is 10.9. The first kappa shape index (κ1) is 23.1. The predicted molar refractivity (Wildman–Crippen MR) is 99.9 cm³/mol. The zero-order chi connectivity index (χ0) is 20.8. The molecular formula is C18H26N4O6. The van der Waals surface area contributed by atoms with Gasteiger partial charge in [0, 0.05) is 12.5 Å². The summed E-state index contributed by atoms with van der Waals surface area (Å²) in [7, 11) is 0. The standard InChI is InChI=1S/C18H26N4O6/c19-9-15(23)20-7-6-14(8-13-4-2-1-3-5-13)18(27)21-10-16(24)22-12-28-11-17(25)26/h1-5,14H,6-12,19H2,(H,20,23)(H,21,27)(H,22,24)(H,25,26). The third-order valence-electron chi connectivity index (χ3n) is 3.72. The molecule has 0 heterocycles. The second-order valence-electron chi connectivity index (χ2n) is 5.93. The fourth-order valence-electron chi connectivity index (χ4n) is 2.33. The highest BCUT2D eigenvalue weighted by atomic mass is 16.5. The van der Waals surface area contributed by atoms with Crippen LogP contribution in [0, 0.1) is 5.92 Å². The molecule has 1 rings (SSSR count). The molecule has 3 amide bonds. The van der Waals surface area contributed by atoms with Gasteiger partial charge in [0.2, 0.25) is 17.7 Å². The molecule has 0 aliphatic carbocycles. The Morgan fingerprint density at radius 2 is 1.75 bits per heavy atom. The molecule has 0 aromatic heterocycles. The van der Waals surface area contributed by atoms with E-state index in [1.165, 1.54) is 0 Å². The van der Waals surface area contributed by atoms with Gasteiger partial charge in [-0.3, -0.25) is 14.4 Å². The molecule has 0 aliphatic heterocycles. The monoisotopic (exact) mass is 394 g/mol. The Morgan fingerprint density at radius 1 is 1.04 bits per heavy atom. The van der Waals surface area contributed by atoms with Crippen LogP contribution >= 0.6 is 0 Å². The third kappa shape index (κ3) is 10.2. The lowest BCUT2D eigenvalue weighted by atomic mass is 9.95. The van der Waals surface area contributed by atoms with Crippen LogP contribution in [0.1, 0.15) is 12.0 Å². The van der Waals surface area contributed by atoms with Crippen molar-refractivity contribution in [2.45, 2.75) is 12.8 Å². The van der Waals surface area contributed by atoms with Gasteiger partial charge in [0.15, 0.2) is 0 Å². The van der Waals surface area contributed by atoms with E-state index in [0.717, 1.165) is 5.56 Å². The Hall–Kier alpha value is -2.98. The Balaban J connectivity index is 2.49. The van der Waals surface area contributed by atoms with Crippen molar-refractivity contribution < 1.29 is 29.0 Å². The molecule has 154 valence electrons. The van der Waals surface area contributed by atoms with Gasteiger partial charge in [0.25, 0.3) is 0 Å². The van der Waals surface area contributed by atoms with E-state index in [1.807, 2.05) is 30.3 Å². The summed E-state index contributed by atoms with van der Waals surface area (Å²) in [5.74, 6) is -2.73. The number of nitrogens with two attached hydrogens (primary N) is 1. The lowest BCUT2D eigenvalue weighted by Gasteiger charge is -2.17. The number of carbonyl (C=O) groups excluding carboxylic acids is 3. The minimum absolute atomic E-state index is 0.125. The average molecular weight is 394 g/mol. The number of nitrogens with one attached hydrogen (secondary N) is 3. The van der Waals surface area contributed by atoms with Crippen molar-refractivity contribution in [2.75, 3.05) is 33.0 Å². The predicted octanol–water partition coefficient (Wildman–Crippen LogP) is -1.40. The topological polar surface area (TPSA) is 160 Å². The SMILES string of the molecule is NCC(=O)NCCC(Cc1ccccc1)C(=O)NCC(=O)NCOCC(=O)O. The van der Waals surface area contributed by atoms with E-state index in [9.17, 15) is 19.2 Å². The van der Waals surface area contributed by atoms with Crippen LogP contribution < -0.4 is 21.7 Å². The lowest BCUT2D eigenvalue weighted by molar-refractivity contribution is -0.143. The summed E-state index contributed by atoms with van der Waals surface area (Å²) >= 11 is 0. The largest absolute Gasteiger partial charge is 0.480 e. The average Bonchev–Trinajstić information content (AvgIpc) is 2.69. The van der Waals surface area contributed by atoms with Gasteiger partial charge >= 0.3 is 5.97 Å². The molecule has 0 saturated heterocycles. The highest BCUT2D eigenvalue weighted by Crippen LogP contribution is 2.12. The molecule has 0 bridgehead atoms. The van der Waals surface area contributed by atoms with E-state index in [2.05, 4.69) is 16.0 Å². The zero-order valence-corrected chi connectivity index (χ0v) is 15.5.